The maximum Gasteiger partial charge on any atom is 0.321 e. The lowest BCUT2D eigenvalue weighted by atomic mass is 10.2. The number of urea groups is 1. The summed E-state index contributed by atoms with van der Waals surface area (Å²) >= 11 is 0. The monoisotopic (exact) mass is 303 g/mol. The first-order valence-electron chi connectivity index (χ1n) is 8.32. The van der Waals surface area contributed by atoms with E-state index in [1.165, 1.54) is 25.7 Å². The standard InChI is InChI=1S/C17H25N3O2/c21-14-9-12-20(13-14)17(22)18-15-7-3-4-8-16(15)19-10-5-1-2-6-11-19/h3-4,7-8,14,21H,1-2,5-6,9-13H2,(H,18,22)/t14-/m1/s1. The average Bonchev–Trinajstić information content (AvgIpc) is 2.80. The Morgan fingerprint density at radius 3 is 2.50 bits per heavy atom. The molecule has 22 heavy (non-hydrogen) atoms. The van der Waals surface area contributed by atoms with E-state index in [-0.39, 0.29) is 12.1 Å². The van der Waals surface area contributed by atoms with Gasteiger partial charge in [-0.1, -0.05) is 25.0 Å². The smallest absolute Gasteiger partial charge is 0.321 e. The molecule has 0 unspecified atom stereocenters. The molecule has 1 aromatic carbocycles. The Hall–Kier alpha value is -1.75. The summed E-state index contributed by atoms with van der Waals surface area (Å²) in [6, 6.07) is 7.91. The van der Waals surface area contributed by atoms with Crippen molar-refractivity contribution >= 4 is 17.4 Å². The zero-order valence-corrected chi connectivity index (χ0v) is 13.0. The van der Waals surface area contributed by atoms with Crippen LogP contribution in [0.15, 0.2) is 24.3 Å². The molecule has 2 heterocycles. The van der Waals surface area contributed by atoms with E-state index in [0.29, 0.717) is 19.5 Å². The van der Waals surface area contributed by atoms with Crippen LogP contribution in [-0.2, 0) is 0 Å². The Bertz CT molecular complexity index is 512. The lowest BCUT2D eigenvalue weighted by Gasteiger charge is -2.26. The highest BCUT2D eigenvalue weighted by Gasteiger charge is 2.25. The summed E-state index contributed by atoms with van der Waals surface area (Å²) in [6.07, 6.45) is 5.28. The molecule has 0 bridgehead atoms. The number of likely N-dealkylation sites (tertiary alicyclic amines) is 1. The topological polar surface area (TPSA) is 55.8 Å². The maximum atomic E-state index is 12.3. The molecule has 1 atom stereocenters. The lowest BCUT2D eigenvalue weighted by Crippen LogP contribution is -2.34. The first-order valence-corrected chi connectivity index (χ1v) is 8.32. The van der Waals surface area contributed by atoms with Crippen molar-refractivity contribution in [1.82, 2.24) is 4.90 Å². The van der Waals surface area contributed by atoms with Crippen LogP contribution in [0.2, 0.25) is 0 Å². The van der Waals surface area contributed by atoms with Crippen LogP contribution in [0.4, 0.5) is 16.2 Å². The summed E-state index contributed by atoms with van der Waals surface area (Å²) in [5.74, 6) is 0. The molecule has 5 heteroatoms. The van der Waals surface area contributed by atoms with Crippen LogP contribution in [0.1, 0.15) is 32.1 Å². The minimum absolute atomic E-state index is 0.112. The number of amides is 2. The molecule has 2 N–H and O–H groups in total. The fraction of sp³-hybridized carbons (Fsp3) is 0.588. The van der Waals surface area contributed by atoms with E-state index in [0.717, 1.165) is 24.5 Å². The second kappa shape index (κ2) is 7.01. The number of hydrogen-bond acceptors (Lipinski definition) is 3. The molecule has 0 spiro atoms. The van der Waals surface area contributed by atoms with Gasteiger partial charge in [-0.25, -0.2) is 4.79 Å². The SMILES string of the molecule is O=C(Nc1ccccc1N1CCCCCC1)N1CC[C@@H](O)C1. The number of hydrogen-bond donors (Lipinski definition) is 2. The highest BCUT2D eigenvalue weighted by molar-refractivity contribution is 5.93. The van der Waals surface area contributed by atoms with Crippen molar-refractivity contribution in [3.8, 4) is 0 Å². The predicted octanol–water partition coefficient (Wildman–Crippen LogP) is 2.67. The van der Waals surface area contributed by atoms with E-state index in [4.69, 9.17) is 0 Å². The van der Waals surface area contributed by atoms with Crippen molar-refractivity contribution in [2.75, 3.05) is 36.4 Å². The Kier molecular flexibility index (Phi) is 4.83. The van der Waals surface area contributed by atoms with Crippen molar-refractivity contribution in [1.29, 1.82) is 0 Å². The second-order valence-corrected chi connectivity index (χ2v) is 6.24. The number of carbonyl (C=O) groups is 1. The van der Waals surface area contributed by atoms with Crippen LogP contribution >= 0.6 is 0 Å². The molecule has 0 aromatic heterocycles. The minimum Gasteiger partial charge on any atom is -0.391 e. The Morgan fingerprint density at radius 2 is 1.82 bits per heavy atom. The fourth-order valence-electron chi connectivity index (χ4n) is 3.29. The van der Waals surface area contributed by atoms with Gasteiger partial charge in [-0.15, -0.1) is 0 Å². The van der Waals surface area contributed by atoms with E-state index in [9.17, 15) is 9.90 Å². The largest absolute Gasteiger partial charge is 0.391 e. The molecule has 2 aliphatic rings. The highest BCUT2D eigenvalue weighted by atomic mass is 16.3. The second-order valence-electron chi connectivity index (χ2n) is 6.24. The molecule has 5 nitrogen and oxygen atoms in total. The summed E-state index contributed by atoms with van der Waals surface area (Å²) in [6.45, 7) is 3.15. The molecule has 0 aliphatic carbocycles. The van der Waals surface area contributed by atoms with Crippen LogP contribution in [0.5, 0.6) is 0 Å². The van der Waals surface area contributed by atoms with Crippen molar-refractivity contribution in [2.45, 2.75) is 38.2 Å². The third-order valence-corrected chi connectivity index (χ3v) is 4.54. The van der Waals surface area contributed by atoms with Crippen molar-refractivity contribution < 1.29 is 9.90 Å². The lowest BCUT2D eigenvalue weighted by molar-refractivity contribution is 0.176. The van der Waals surface area contributed by atoms with Gasteiger partial charge in [0.2, 0.25) is 0 Å². The molecule has 2 aliphatic heterocycles. The number of carbonyl (C=O) groups excluding carboxylic acids is 1. The number of aliphatic hydroxyl groups is 1. The van der Waals surface area contributed by atoms with Gasteiger partial charge in [-0.3, -0.25) is 0 Å². The Balaban J connectivity index is 1.71. The number of nitrogens with one attached hydrogen (secondary N) is 1. The van der Waals surface area contributed by atoms with E-state index < -0.39 is 0 Å². The molecule has 2 saturated heterocycles. The number of rotatable bonds is 2. The summed E-state index contributed by atoms with van der Waals surface area (Å²) in [5, 5.41) is 12.6. The minimum atomic E-state index is -0.383. The van der Waals surface area contributed by atoms with Gasteiger partial charge in [0, 0.05) is 26.2 Å². The zero-order chi connectivity index (χ0) is 15.4. The first-order chi connectivity index (χ1) is 10.7. The summed E-state index contributed by atoms with van der Waals surface area (Å²) in [5.41, 5.74) is 1.98. The van der Waals surface area contributed by atoms with Crippen LogP contribution in [-0.4, -0.2) is 48.3 Å². The summed E-state index contributed by atoms with van der Waals surface area (Å²) in [7, 11) is 0. The Labute approximate surface area is 131 Å². The van der Waals surface area contributed by atoms with E-state index in [1.54, 1.807) is 4.90 Å². The number of benzene rings is 1. The molecular weight excluding hydrogens is 278 g/mol. The molecule has 0 radical (unpaired) electrons. The van der Waals surface area contributed by atoms with Crippen molar-refractivity contribution in [3.63, 3.8) is 0 Å². The number of para-hydroxylation sites is 2. The van der Waals surface area contributed by atoms with Crippen molar-refractivity contribution in [2.24, 2.45) is 0 Å². The third kappa shape index (κ3) is 3.53. The van der Waals surface area contributed by atoms with Crippen LogP contribution in [0.3, 0.4) is 0 Å². The molecule has 2 amide bonds. The fourth-order valence-corrected chi connectivity index (χ4v) is 3.29. The zero-order valence-electron chi connectivity index (χ0n) is 13.0. The van der Waals surface area contributed by atoms with Gasteiger partial charge in [-0.05, 0) is 31.4 Å². The number of nitrogens with zero attached hydrogens (tertiary/aromatic N) is 2. The van der Waals surface area contributed by atoms with Gasteiger partial charge in [0.25, 0.3) is 0 Å². The van der Waals surface area contributed by atoms with E-state index in [2.05, 4.69) is 16.3 Å². The number of anilines is 2. The van der Waals surface area contributed by atoms with Crippen LogP contribution in [0.25, 0.3) is 0 Å². The van der Waals surface area contributed by atoms with Crippen LogP contribution < -0.4 is 10.2 Å². The highest BCUT2D eigenvalue weighted by Crippen LogP contribution is 2.28. The molecule has 3 rings (SSSR count). The van der Waals surface area contributed by atoms with Crippen molar-refractivity contribution in [3.05, 3.63) is 24.3 Å². The number of aliphatic hydroxyl groups excluding tert-OH is 1. The van der Waals surface area contributed by atoms with Crippen LogP contribution in [0, 0.1) is 0 Å². The van der Waals surface area contributed by atoms with E-state index >= 15 is 0 Å². The number of β-amino-alcohol motifs (C(OH)–C–C–N with tert-alkyl or cyclic N) is 1. The summed E-state index contributed by atoms with van der Waals surface area (Å²) < 4.78 is 0. The molecule has 0 saturated carbocycles. The maximum absolute atomic E-state index is 12.3. The first kappa shape index (κ1) is 15.2. The van der Waals surface area contributed by atoms with Gasteiger partial charge in [0.05, 0.1) is 17.5 Å². The van der Waals surface area contributed by atoms with Gasteiger partial charge in [0.15, 0.2) is 0 Å². The van der Waals surface area contributed by atoms with Gasteiger partial charge < -0.3 is 20.2 Å². The normalized spacial score (nSPS) is 22.5. The predicted molar refractivity (Wildman–Crippen MR) is 88.3 cm³/mol. The molecule has 120 valence electrons. The molecular formula is C17H25N3O2. The molecule has 1 aromatic rings. The van der Waals surface area contributed by atoms with E-state index in [1.807, 2.05) is 18.2 Å². The average molecular weight is 303 g/mol. The quantitative estimate of drug-likeness (QED) is 0.883. The Morgan fingerprint density at radius 1 is 1.09 bits per heavy atom. The van der Waals surface area contributed by atoms with Gasteiger partial charge in [-0.2, -0.15) is 0 Å². The third-order valence-electron chi connectivity index (χ3n) is 4.54. The van der Waals surface area contributed by atoms with Gasteiger partial charge in [0.1, 0.15) is 0 Å². The summed E-state index contributed by atoms with van der Waals surface area (Å²) in [4.78, 5) is 16.4. The van der Waals surface area contributed by atoms with Gasteiger partial charge >= 0.3 is 6.03 Å². The molecule has 2 fully saturated rings.